The molecule has 1 N–H and O–H groups in total. The maximum atomic E-state index is 12.1. The number of hydrogen-bond acceptors (Lipinski definition) is 3. The number of H-pyrrole nitrogens is 1. The van der Waals surface area contributed by atoms with E-state index in [0.29, 0.717) is 12.4 Å². The van der Waals surface area contributed by atoms with Gasteiger partial charge in [-0.3, -0.25) is 9.69 Å². The second-order valence-corrected chi connectivity index (χ2v) is 6.49. The molecule has 110 valence electrons. The highest BCUT2D eigenvalue weighted by atomic mass is 79.9. The number of aryl methyl sites for hydroxylation is 2. The zero-order valence-corrected chi connectivity index (χ0v) is 13.8. The first kappa shape index (κ1) is 14.5. The Kier molecular flexibility index (Phi) is 3.95. The van der Waals surface area contributed by atoms with Crippen molar-refractivity contribution in [1.29, 1.82) is 0 Å². The highest BCUT2D eigenvalue weighted by Crippen LogP contribution is 2.22. The van der Waals surface area contributed by atoms with Crippen LogP contribution < -0.4 is 5.56 Å². The SMILES string of the molecule is Cc1ccc(CN2CCc3nc(C)[nH]c(=O)c3C2)c(Br)c1. The fourth-order valence-corrected chi connectivity index (χ4v) is 3.38. The molecule has 1 aliphatic heterocycles. The standard InChI is InChI=1S/C16H18BrN3O/c1-10-3-4-12(14(17)7-10)8-20-6-5-15-13(9-20)16(21)19-11(2)18-15/h3-4,7H,5-6,8-9H2,1-2H3,(H,18,19,21). The first-order chi connectivity index (χ1) is 10.0. The van der Waals surface area contributed by atoms with Gasteiger partial charge in [0.2, 0.25) is 0 Å². The van der Waals surface area contributed by atoms with Gasteiger partial charge in [0.25, 0.3) is 5.56 Å². The van der Waals surface area contributed by atoms with Crippen molar-refractivity contribution in [1.82, 2.24) is 14.9 Å². The number of aromatic nitrogens is 2. The van der Waals surface area contributed by atoms with E-state index in [1.54, 1.807) is 0 Å². The predicted molar refractivity (Wildman–Crippen MR) is 86.3 cm³/mol. The van der Waals surface area contributed by atoms with Gasteiger partial charge in [0.05, 0.1) is 11.3 Å². The molecule has 1 aromatic heterocycles. The highest BCUT2D eigenvalue weighted by Gasteiger charge is 2.21. The maximum Gasteiger partial charge on any atom is 0.255 e. The Morgan fingerprint density at radius 3 is 2.95 bits per heavy atom. The quantitative estimate of drug-likeness (QED) is 0.908. The number of hydrogen-bond donors (Lipinski definition) is 1. The molecule has 0 atom stereocenters. The predicted octanol–water partition coefficient (Wildman–Crippen LogP) is 2.71. The van der Waals surface area contributed by atoms with Crippen molar-refractivity contribution in [2.24, 2.45) is 0 Å². The molecule has 2 aromatic rings. The Morgan fingerprint density at radius 2 is 2.19 bits per heavy atom. The largest absolute Gasteiger partial charge is 0.310 e. The maximum absolute atomic E-state index is 12.1. The molecule has 0 radical (unpaired) electrons. The Labute approximate surface area is 132 Å². The topological polar surface area (TPSA) is 49.0 Å². The zero-order valence-electron chi connectivity index (χ0n) is 12.2. The Hall–Kier alpha value is -1.46. The Balaban J connectivity index is 1.82. The molecule has 0 saturated carbocycles. The minimum Gasteiger partial charge on any atom is -0.310 e. The van der Waals surface area contributed by atoms with Gasteiger partial charge in [-0.15, -0.1) is 0 Å². The van der Waals surface area contributed by atoms with Crippen LogP contribution in [0.25, 0.3) is 0 Å². The van der Waals surface area contributed by atoms with E-state index in [2.05, 4.69) is 55.9 Å². The number of nitrogens with zero attached hydrogens (tertiary/aromatic N) is 2. The third-order valence-electron chi connectivity index (χ3n) is 3.87. The third-order valence-corrected chi connectivity index (χ3v) is 4.61. The summed E-state index contributed by atoms with van der Waals surface area (Å²) < 4.78 is 1.13. The van der Waals surface area contributed by atoms with Crippen LogP contribution in [0.1, 0.15) is 28.2 Å². The fourth-order valence-electron chi connectivity index (χ4n) is 2.76. The van der Waals surface area contributed by atoms with Crippen LogP contribution in [0.3, 0.4) is 0 Å². The number of benzene rings is 1. The number of aromatic amines is 1. The Morgan fingerprint density at radius 1 is 1.38 bits per heavy atom. The van der Waals surface area contributed by atoms with E-state index in [4.69, 9.17) is 0 Å². The molecule has 1 aliphatic rings. The molecular formula is C16H18BrN3O. The lowest BCUT2D eigenvalue weighted by atomic mass is 10.1. The van der Waals surface area contributed by atoms with Gasteiger partial charge >= 0.3 is 0 Å². The minimum atomic E-state index is 0.00479. The van der Waals surface area contributed by atoms with Gasteiger partial charge in [0.15, 0.2) is 0 Å². The third kappa shape index (κ3) is 3.09. The van der Waals surface area contributed by atoms with E-state index in [9.17, 15) is 4.79 Å². The van der Waals surface area contributed by atoms with Crippen molar-refractivity contribution in [2.45, 2.75) is 33.4 Å². The molecule has 0 amide bonds. The van der Waals surface area contributed by atoms with Gasteiger partial charge in [0, 0.05) is 30.5 Å². The molecule has 0 aliphatic carbocycles. The van der Waals surface area contributed by atoms with Gasteiger partial charge in [-0.1, -0.05) is 28.1 Å². The summed E-state index contributed by atoms with van der Waals surface area (Å²) in [5.41, 5.74) is 4.27. The molecule has 4 nitrogen and oxygen atoms in total. The zero-order chi connectivity index (χ0) is 15.0. The van der Waals surface area contributed by atoms with Crippen LogP contribution in [0.2, 0.25) is 0 Å². The lowest BCUT2D eigenvalue weighted by molar-refractivity contribution is 0.241. The Bertz CT molecular complexity index is 739. The van der Waals surface area contributed by atoms with Crippen LogP contribution in [0.4, 0.5) is 0 Å². The molecule has 0 spiro atoms. The van der Waals surface area contributed by atoms with Crippen LogP contribution in [0, 0.1) is 13.8 Å². The van der Waals surface area contributed by atoms with Crippen molar-refractivity contribution in [3.05, 3.63) is 61.2 Å². The molecule has 3 rings (SSSR count). The van der Waals surface area contributed by atoms with Crippen molar-refractivity contribution in [2.75, 3.05) is 6.54 Å². The number of halogens is 1. The minimum absolute atomic E-state index is 0.00479. The smallest absolute Gasteiger partial charge is 0.255 e. The van der Waals surface area contributed by atoms with Crippen molar-refractivity contribution >= 4 is 15.9 Å². The lowest BCUT2D eigenvalue weighted by Crippen LogP contribution is -2.35. The summed E-state index contributed by atoms with van der Waals surface area (Å²) in [7, 11) is 0. The number of rotatable bonds is 2. The van der Waals surface area contributed by atoms with Crippen LogP contribution in [0.5, 0.6) is 0 Å². The van der Waals surface area contributed by atoms with Crippen LogP contribution >= 0.6 is 15.9 Å². The van der Waals surface area contributed by atoms with E-state index in [1.807, 2.05) is 6.92 Å². The monoisotopic (exact) mass is 347 g/mol. The normalized spacial score (nSPS) is 15.0. The van der Waals surface area contributed by atoms with Crippen molar-refractivity contribution in [3.8, 4) is 0 Å². The number of nitrogens with one attached hydrogen (secondary N) is 1. The molecule has 5 heteroatoms. The molecule has 0 fully saturated rings. The average molecular weight is 348 g/mol. The second kappa shape index (κ2) is 5.73. The molecule has 0 bridgehead atoms. The summed E-state index contributed by atoms with van der Waals surface area (Å²) >= 11 is 3.62. The van der Waals surface area contributed by atoms with E-state index in [-0.39, 0.29) is 5.56 Å². The van der Waals surface area contributed by atoms with Gasteiger partial charge in [-0.2, -0.15) is 0 Å². The van der Waals surface area contributed by atoms with E-state index >= 15 is 0 Å². The summed E-state index contributed by atoms with van der Waals surface area (Å²) in [6.07, 6.45) is 0.837. The van der Waals surface area contributed by atoms with Gasteiger partial charge in [0.1, 0.15) is 5.82 Å². The summed E-state index contributed by atoms with van der Waals surface area (Å²) in [6.45, 7) is 6.35. The van der Waals surface area contributed by atoms with E-state index < -0.39 is 0 Å². The van der Waals surface area contributed by atoms with Crippen LogP contribution in [0.15, 0.2) is 27.5 Å². The summed E-state index contributed by atoms with van der Waals surface area (Å²) in [5.74, 6) is 0.702. The first-order valence-electron chi connectivity index (χ1n) is 7.09. The molecule has 2 heterocycles. The average Bonchev–Trinajstić information content (AvgIpc) is 2.42. The second-order valence-electron chi connectivity index (χ2n) is 5.63. The summed E-state index contributed by atoms with van der Waals surface area (Å²) in [5, 5.41) is 0. The first-order valence-corrected chi connectivity index (χ1v) is 7.88. The van der Waals surface area contributed by atoms with Crippen LogP contribution in [-0.4, -0.2) is 21.4 Å². The summed E-state index contributed by atoms with van der Waals surface area (Å²) in [4.78, 5) is 21.6. The molecule has 1 aromatic carbocycles. The molecule has 0 saturated heterocycles. The summed E-state index contributed by atoms with van der Waals surface area (Å²) in [6, 6.07) is 6.40. The highest BCUT2D eigenvalue weighted by molar-refractivity contribution is 9.10. The van der Waals surface area contributed by atoms with Crippen molar-refractivity contribution in [3.63, 3.8) is 0 Å². The van der Waals surface area contributed by atoms with Crippen LogP contribution in [-0.2, 0) is 19.5 Å². The van der Waals surface area contributed by atoms with E-state index in [1.165, 1.54) is 11.1 Å². The van der Waals surface area contributed by atoms with Gasteiger partial charge in [-0.05, 0) is 31.0 Å². The molecule has 21 heavy (non-hydrogen) atoms. The van der Waals surface area contributed by atoms with Gasteiger partial charge in [-0.25, -0.2) is 4.98 Å². The number of fused-ring (bicyclic) bond motifs is 1. The molecular weight excluding hydrogens is 330 g/mol. The molecule has 0 unspecified atom stereocenters. The van der Waals surface area contributed by atoms with Crippen molar-refractivity contribution < 1.29 is 0 Å². The van der Waals surface area contributed by atoms with E-state index in [0.717, 1.165) is 35.2 Å². The van der Waals surface area contributed by atoms with Gasteiger partial charge < -0.3 is 4.98 Å². The fraction of sp³-hybridized carbons (Fsp3) is 0.375. The lowest BCUT2D eigenvalue weighted by Gasteiger charge is -2.28.